The average molecular weight is 192 g/mol. The summed E-state index contributed by atoms with van der Waals surface area (Å²) in [6, 6.07) is 4.91. The van der Waals surface area contributed by atoms with Crippen molar-refractivity contribution in [3.63, 3.8) is 0 Å². The number of nitrogens with zero attached hydrogens (tertiary/aromatic N) is 1. The number of nitro benzene ring substituents is 1. The van der Waals surface area contributed by atoms with E-state index in [0.29, 0.717) is 0 Å². The lowest BCUT2D eigenvalue weighted by Crippen LogP contribution is -1.97. The quantitative estimate of drug-likeness (QED) is 0.532. The third kappa shape index (κ3) is 1.37. The molecule has 1 aromatic rings. The third-order valence-electron chi connectivity index (χ3n) is 2.47. The van der Waals surface area contributed by atoms with E-state index >= 15 is 0 Å². The molecule has 4 heteroatoms. The first kappa shape index (κ1) is 9.15. The number of aryl methyl sites for hydroxylation is 1. The zero-order valence-corrected chi connectivity index (χ0v) is 7.82. The summed E-state index contributed by atoms with van der Waals surface area (Å²) in [5, 5.41) is 10.5. The Labute approximate surface area is 81.7 Å². The number of benzene rings is 1. The summed E-state index contributed by atoms with van der Waals surface area (Å²) >= 11 is 0. The van der Waals surface area contributed by atoms with E-state index in [1.54, 1.807) is 19.2 Å². The summed E-state index contributed by atoms with van der Waals surface area (Å²) in [6.45, 7) is 0. The number of fused-ring (bicyclic) bond motifs is 1. The van der Waals surface area contributed by atoms with E-state index in [-0.39, 0.29) is 10.6 Å². The Hall–Kier alpha value is -1.42. The van der Waals surface area contributed by atoms with Crippen LogP contribution in [0.15, 0.2) is 18.2 Å². The van der Waals surface area contributed by atoms with Crippen LogP contribution in [0.25, 0.3) is 0 Å². The highest BCUT2D eigenvalue weighted by atomic mass is 16.6. The summed E-state index contributed by atoms with van der Waals surface area (Å²) in [6.07, 6.45) is 2.60. The highest BCUT2D eigenvalue weighted by Gasteiger charge is 2.24. The van der Waals surface area contributed by atoms with Crippen molar-refractivity contribution >= 4 is 5.69 Å². The van der Waals surface area contributed by atoms with Crippen LogP contribution < -0.4 is 0 Å². The molecule has 0 N–H and O–H groups in total. The lowest BCUT2D eigenvalue weighted by Gasteiger charge is -2.06. The van der Waals surface area contributed by atoms with Crippen molar-refractivity contribution in [2.45, 2.75) is 12.8 Å². The molecule has 0 amide bonds. The molecule has 0 unspecified atom stereocenters. The average Bonchev–Trinajstić information content (AvgIpc) is 2.59. The van der Waals surface area contributed by atoms with Gasteiger partial charge in [-0.15, -0.1) is 0 Å². The van der Waals surface area contributed by atoms with Crippen molar-refractivity contribution in [3.05, 3.63) is 45.5 Å². The van der Waals surface area contributed by atoms with Gasteiger partial charge in [0.2, 0.25) is 0 Å². The first-order valence-electron chi connectivity index (χ1n) is 4.40. The Bertz CT molecular complexity index is 376. The standard InChI is InChI=1S/C10H10NO3/c1-14-10-5-2-7-6-8(11(12)13)3-4-9(7)10/h3-4,6H,2,5H2,1H3. The first-order chi connectivity index (χ1) is 6.72. The van der Waals surface area contributed by atoms with Gasteiger partial charge in [-0.25, -0.2) is 0 Å². The van der Waals surface area contributed by atoms with Gasteiger partial charge in [0.25, 0.3) is 5.69 Å². The summed E-state index contributed by atoms with van der Waals surface area (Å²) < 4.78 is 5.18. The smallest absolute Gasteiger partial charge is 0.269 e. The fourth-order valence-corrected chi connectivity index (χ4v) is 1.77. The molecule has 4 nitrogen and oxygen atoms in total. The molecule has 0 aliphatic heterocycles. The summed E-state index contributed by atoms with van der Waals surface area (Å²) in [7, 11) is 1.63. The number of nitro groups is 1. The van der Waals surface area contributed by atoms with Crippen LogP contribution in [0.2, 0.25) is 0 Å². The van der Waals surface area contributed by atoms with Gasteiger partial charge in [0.05, 0.1) is 4.92 Å². The van der Waals surface area contributed by atoms with Crippen LogP contribution in [0, 0.1) is 16.2 Å². The minimum absolute atomic E-state index is 0.154. The maximum Gasteiger partial charge on any atom is 0.269 e. The van der Waals surface area contributed by atoms with Gasteiger partial charge in [-0.1, -0.05) is 0 Å². The molecule has 14 heavy (non-hydrogen) atoms. The van der Waals surface area contributed by atoms with E-state index in [1.807, 2.05) is 0 Å². The molecular formula is C10H10NO3. The fraction of sp³-hybridized carbons (Fsp3) is 0.300. The van der Waals surface area contributed by atoms with E-state index < -0.39 is 0 Å². The number of hydrogen-bond donors (Lipinski definition) is 0. The number of methoxy groups -OCH3 is 1. The molecule has 1 aromatic carbocycles. The van der Waals surface area contributed by atoms with E-state index in [1.165, 1.54) is 6.07 Å². The van der Waals surface area contributed by atoms with Crippen molar-refractivity contribution < 1.29 is 9.66 Å². The lowest BCUT2D eigenvalue weighted by atomic mass is 10.1. The van der Waals surface area contributed by atoms with Gasteiger partial charge in [0.15, 0.2) is 0 Å². The molecule has 1 aliphatic rings. The second kappa shape index (κ2) is 3.38. The van der Waals surface area contributed by atoms with Crippen molar-refractivity contribution in [1.29, 1.82) is 0 Å². The number of hydrogen-bond acceptors (Lipinski definition) is 3. The normalized spacial score (nSPS) is 15.5. The first-order valence-corrected chi connectivity index (χ1v) is 4.40. The molecule has 0 saturated heterocycles. The molecule has 0 aromatic heterocycles. The Morgan fingerprint density at radius 2 is 2.21 bits per heavy atom. The third-order valence-corrected chi connectivity index (χ3v) is 2.47. The van der Waals surface area contributed by atoms with Crippen LogP contribution in [0.3, 0.4) is 0 Å². The topological polar surface area (TPSA) is 52.4 Å². The Morgan fingerprint density at radius 3 is 2.86 bits per heavy atom. The van der Waals surface area contributed by atoms with Gasteiger partial charge >= 0.3 is 0 Å². The lowest BCUT2D eigenvalue weighted by molar-refractivity contribution is -0.384. The molecule has 2 rings (SSSR count). The summed E-state index contributed by atoms with van der Waals surface area (Å²) in [5.41, 5.74) is 2.18. The molecule has 0 atom stereocenters. The molecule has 1 radical (unpaired) electrons. The van der Waals surface area contributed by atoms with Gasteiger partial charge in [0, 0.05) is 19.2 Å². The predicted molar refractivity (Wildman–Crippen MR) is 50.8 cm³/mol. The van der Waals surface area contributed by atoms with Crippen molar-refractivity contribution in [2.24, 2.45) is 0 Å². The molecule has 0 fully saturated rings. The second-order valence-corrected chi connectivity index (χ2v) is 3.23. The molecule has 0 spiro atoms. The van der Waals surface area contributed by atoms with Gasteiger partial charge in [-0.2, -0.15) is 0 Å². The van der Waals surface area contributed by atoms with Gasteiger partial charge < -0.3 is 4.74 Å². The number of ether oxygens (including phenoxy) is 1. The Balaban J connectivity index is 2.39. The van der Waals surface area contributed by atoms with Gasteiger partial charge in [-0.3, -0.25) is 10.1 Å². The van der Waals surface area contributed by atoms with Crippen molar-refractivity contribution in [2.75, 3.05) is 7.11 Å². The predicted octanol–water partition coefficient (Wildman–Crippen LogP) is 2.07. The van der Waals surface area contributed by atoms with Crippen LogP contribution in [0.1, 0.15) is 17.5 Å². The second-order valence-electron chi connectivity index (χ2n) is 3.23. The van der Waals surface area contributed by atoms with E-state index in [4.69, 9.17) is 4.74 Å². The van der Waals surface area contributed by atoms with Crippen LogP contribution in [0.5, 0.6) is 0 Å². The Kier molecular flexibility index (Phi) is 2.21. The maximum atomic E-state index is 10.5. The number of non-ortho nitro benzene ring substituents is 1. The minimum atomic E-state index is -0.370. The largest absolute Gasteiger partial charge is 0.370 e. The monoisotopic (exact) mass is 192 g/mol. The van der Waals surface area contributed by atoms with Crippen LogP contribution in [-0.4, -0.2) is 12.0 Å². The maximum absolute atomic E-state index is 10.5. The molecular weight excluding hydrogens is 182 g/mol. The highest BCUT2D eigenvalue weighted by molar-refractivity contribution is 5.47. The van der Waals surface area contributed by atoms with E-state index in [0.717, 1.165) is 30.1 Å². The zero-order valence-electron chi connectivity index (χ0n) is 7.82. The molecule has 73 valence electrons. The molecule has 1 aliphatic carbocycles. The molecule has 0 heterocycles. The molecule has 0 saturated carbocycles. The molecule has 0 bridgehead atoms. The van der Waals surface area contributed by atoms with E-state index in [9.17, 15) is 10.1 Å². The highest BCUT2D eigenvalue weighted by Crippen LogP contribution is 2.34. The fourth-order valence-electron chi connectivity index (χ4n) is 1.77. The van der Waals surface area contributed by atoms with Crippen LogP contribution >= 0.6 is 0 Å². The van der Waals surface area contributed by atoms with Crippen molar-refractivity contribution in [3.8, 4) is 0 Å². The Morgan fingerprint density at radius 1 is 1.43 bits per heavy atom. The van der Waals surface area contributed by atoms with E-state index in [2.05, 4.69) is 0 Å². The minimum Gasteiger partial charge on any atom is -0.370 e. The zero-order chi connectivity index (χ0) is 10.1. The summed E-state index contributed by atoms with van der Waals surface area (Å²) in [5.74, 6) is 0. The van der Waals surface area contributed by atoms with Crippen LogP contribution in [-0.2, 0) is 11.2 Å². The van der Waals surface area contributed by atoms with Crippen molar-refractivity contribution in [1.82, 2.24) is 0 Å². The van der Waals surface area contributed by atoms with Crippen LogP contribution in [0.4, 0.5) is 5.69 Å². The van der Waals surface area contributed by atoms with Gasteiger partial charge in [-0.05, 0) is 30.0 Å². The van der Waals surface area contributed by atoms with Gasteiger partial charge in [0.1, 0.15) is 6.10 Å². The SMILES string of the molecule is CO[C]1CCc2cc([N+](=O)[O-])ccc21. The summed E-state index contributed by atoms with van der Waals surface area (Å²) in [4.78, 5) is 10.1. The number of rotatable bonds is 2.